The molecule has 0 aromatic heterocycles. The summed E-state index contributed by atoms with van der Waals surface area (Å²) in [5.74, 6) is -0.774. The van der Waals surface area contributed by atoms with Crippen molar-refractivity contribution in [1.82, 2.24) is 0 Å². The van der Waals surface area contributed by atoms with E-state index in [2.05, 4.69) is 31.9 Å². The van der Waals surface area contributed by atoms with Crippen molar-refractivity contribution in [2.75, 3.05) is 0 Å². The van der Waals surface area contributed by atoms with Gasteiger partial charge in [0.2, 0.25) is 0 Å². The molecule has 0 spiro atoms. The van der Waals surface area contributed by atoms with Crippen LogP contribution >= 0.6 is 31.9 Å². The van der Waals surface area contributed by atoms with Crippen LogP contribution in [-0.4, -0.2) is 5.11 Å². The third-order valence-corrected chi connectivity index (χ3v) is 3.93. The van der Waals surface area contributed by atoms with Gasteiger partial charge < -0.3 is 5.11 Å². The molecule has 100 valence electrons. The molecule has 0 aliphatic heterocycles. The number of hydrogen-bond donors (Lipinski definition) is 1. The zero-order chi connectivity index (χ0) is 14.0. The van der Waals surface area contributed by atoms with Crippen LogP contribution in [0.25, 0.3) is 0 Å². The van der Waals surface area contributed by atoms with Gasteiger partial charge in [0.15, 0.2) is 0 Å². The minimum Gasteiger partial charge on any atom is -0.388 e. The van der Waals surface area contributed by atoms with Gasteiger partial charge in [-0.1, -0.05) is 44.0 Å². The van der Waals surface area contributed by atoms with Crippen LogP contribution in [0.3, 0.4) is 0 Å². The molecule has 2 aromatic rings. The Hall–Kier alpha value is -0.780. The molecule has 0 saturated heterocycles. The van der Waals surface area contributed by atoms with E-state index in [-0.39, 0.29) is 12.2 Å². The summed E-state index contributed by atoms with van der Waals surface area (Å²) in [6.07, 6.45) is -0.769. The minimum absolute atomic E-state index is 0.128. The summed E-state index contributed by atoms with van der Waals surface area (Å²) in [5, 5.41) is 10.1. The van der Waals surface area contributed by atoms with Gasteiger partial charge in [0.05, 0.1) is 6.10 Å². The lowest BCUT2D eigenvalue weighted by atomic mass is 10.0. The first-order valence-corrected chi connectivity index (χ1v) is 7.13. The predicted octanol–water partition coefficient (Wildman–Crippen LogP) is 4.77. The second kappa shape index (κ2) is 6.11. The zero-order valence-electron chi connectivity index (χ0n) is 9.71. The van der Waals surface area contributed by atoms with Crippen LogP contribution < -0.4 is 0 Å². The number of benzene rings is 2. The molecule has 2 rings (SSSR count). The molecule has 0 heterocycles. The van der Waals surface area contributed by atoms with Crippen molar-refractivity contribution in [1.29, 1.82) is 0 Å². The highest BCUT2D eigenvalue weighted by Gasteiger charge is 2.15. The van der Waals surface area contributed by atoms with Crippen molar-refractivity contribution in [2.45, 2.75) is 12.5 Å². The predicted molar refractivity (Wildman–Crippen MR) is 76.9 cm³/mol. The van der Waals surface area contributed by atoms with Crippen LogP contribution in [0.1, 0.15) is 17.2 Å². The monoisotopic (exact) mass is 390 g/mol. The molecule has 19 heavy (non-hydrogen) atoms. The molecule has 1 N–H and O–H groups in total. The second-order valence-electron chi connectivity index (χ2n) is 4.12. The van der Waals surface area contributed by atoms with Gasteiger partial charge in [0, 0.05) is 15.4 Å². The van der Waals surface area contributed by atoms with E-state index in [4.69, 9.17) is 0 Å². The highest BCUT2D eigenvalue weighted by molar-refractivity contribution is 9.10. The smallest absolute Gasteiger partial charge is 0.127 e. The van der Waals surface area contributed by atoms with E-state index in [0.29, 0.717) is 20.1 Å². The Labute approximate surface area is 126 Å². The lowest BCUT2D eigenvalue weighted by molar-refractivity contribution is 0.176. The fraction of sp³-hybridized carbons (Fsp3) is 0.143. The fourth-order valence-corrected chi connectivity index (χ4v) is 2.73. The molecule has 1 nitrogen and oxygen atoms in total. The van der Waals surface area contributed by atoms with Gasteiger partial charge >= 0.3 is 0 Å². The maximum absolute atomic E-state index is 13.7. The molecular formula is C14H10Br2F2O. The molecule has 5 heteroatoms. The van der Waals surface area contributed by atoms with Gasteiger partial charge in [-0.25, -0.2) is 8.78 Å². The lowest BCUT2D eigenvalue weighted by Gasteiger charge is -2.13. The van der Waals surface area contributed by atoms with Crippen LogP contribution in [0.2, 0.25) is 0 Å². The van der Waals surface area contributed by atoms with Gasteiger partial charge in [0.25, 0.3) is 0 Å². The van der Waals surface area contributed by atoms with E-state index in [1.807, 2.05) is 0 Å². The summed E-state index contributed by atoms with van der Waals surface area (Å²) in [4.78, 5) is 0. The Morgan fingerprint density at radius 1 is 1.05 bits per heavy atom. The van der Waals surface area contributed by atoms with Crippen LogP contribution in [0, 0.1) is 11.6 Å². The Kier molecular flexibility index (Phi) is 4.71. The minimum atomic E-state index is -0.898. The van der Waals surface area contributed by atoms with Crippen molar-refractivity contribution in [2.24, 2.45) is 0 Å². The fourth-order valence-electron chi connectivity index (χ4n) is 1.78. The molecule has 0 aliphatic rings. The molecule has 2 aromatic carbocycles. The topological polar surface area (TPSA) is 20.2 Å². The molecule has 1 unspecified atom stereocenters. The summed E-state index contributed by atoms with van der Waals surface area (Å²) in [5.41, 5.74) is 0.940. The average molecular weight is 392 g/mol. The molecular weight excluding hydrogens is 382 g/mol. The van der Waals surface area contributed by atoms with Gasteiger partial charge in [-0.2, -0.15) is 0 Å². The van der Waals surface area contributed by atoms with E-state index >= 15 is 0 Å². The van der Waals surface area contributed by atoms with Gasteiger partial charge in [0.1, 0.15) is 11.6 Å². The Bertz CT molecular complexity index is 602. The van der Waals surface area contributed by atoms with E-state index in [1.165, 1.54) is 24.3 Å². The summed E-state index contributed by atoms with van der Waals surface area (Å²) in [6, 6.07) is 8.70. The number of aliphatic hydroxyl groups is 1. The molecule has 0 bridgehead atoms. The molecule has 0 fully saturated rings. The van der Waals surface area contributed by atoms with Crippen molar-refractivity contribution in [3.05, 3.63) is 68.1 Å². The first-order valence-electron chi connectivity index (χ1n) is 5.54. The molecule has 0 amide bonds. The summed E-state index contributed by atoms with van der Waals surface area (Å²) in [7, 11) is 0. The largest absolute Gasteiger partial charge is 0.388 e. The van der Waals surface area contributed by atoms with Gasteiger partial charge in [-0.05, 0) is 35.4 Å². The van der Waals surface area contributed by atoms with Crippen molar-refractivity contribution in [3.63, 3.8) is 0 Å². The third-order valence-electron chi connectivity index (χ3n) is 2.75. The number of rotatable bonds is 3. The Morgan fingerprint density at radius 2 is 1.79 bits per heavy atom. The first-order chi connectivity index (χ1) is 8.97. The summed E-state index contributed by atoms with van der Waals surface area (Å²) >= 11 is 6.37. The molecule has 0 radical (unpaired) electrons. The number of halogens is 4. The SMILES string of the molecule is OC(Cc1ccc(Br)cc1F)c1ccc(F)cc1Br. The van der Waals surface area contributed by atoms with Crippen molar-refractivity contribution in [3.8, 4) is 0 Å². The summed E-state index contributed by atoms with van der Waals surface area (Å²) in [6.45, 7) is 0. The molecule has 1 atom stereocenters. The van der Waals surface area contributed by atoms with E-state index in [1.54, 1.807) is 12.1 Å². The van der Waals surface area contributed by atoms with E-state index in [0.717, 1.165) is 0 Å². The highest BCUT2D eigenvalue weighted by atomic mass is 79.9. The maximum atomic E-state index is 13.7. The lowest BCUT2D eigenvalue weighted by Crippen LogP contribution is -2.04. The third kappa shape index (κ3) is 3.61. The van der Waals surface area contributed by atoms with Crippen LogP contribution in [0.4, 0.5) is 8.78 Å². The molecule has 0 saturated carbocycles. The average Bonchev–Trinajstić information content (AvgIpc) is 2.32. The summed E-state index contributed by atoms with van der Waals surface area (Å²) < 4.78 is 27.8. The quantitative estimate of drug-likeness (QED) is 0.799. The van der Waals surface area contributed by atoms with Crippen LogP contribution in [-0.2, 0) is 6.42 Å². The highest BCUT2D eigenvalue weighted by Crippen LogP contribution is 2.28. The standard InChI is InChI=1S/C14H10Br2F2O/c15-9-2-1-8(13(18)6-9)5-14(19)11-4-3-10(17)7-12(11)16/h1-4,6-7,14,19H,5H2. The van der Waals surface area contributed by atoms with E-state index in [9.17, 15) is 13.9 Å². The van der Waals surface area contributed by atoms with Gasteiger partial charge in [-0.3, -0.25) is 0 Å². The second-order valence-corrected chi connectivity index (χ2v) is 5.89. The number of aliphatic hydroxyl groups excluding tert-OH is 1. The Balaban J connectivity index is 2.23. The normalized spacial score (nSPS) is 12.5. The van der Waals surface area contributed by atoms with Crippen LogP contribution in [0.5, 0.6) is 0 Å². The zero-order valence-corrected chi connectivity index (χ0v) is 12.9. The maximum Gasteiger partial charge on any atom is 0.127 e. The van der Waals surface area contributed by atoms with Gasteiger partial charge in [-0.15, -0.1) is 0 Å². The number of hydrogen-bond acceptors (Lipinski definition) is 1. The van der Waals surface area contributed by atoms with E-state index < -0.39 is 11.9 Å². The van der Waals surface area contributed by atoms with Crippen molar-refractivity contribution < 1.29 is 13.9 Å². The first kappa shape index (κ1) is 14.6. The van der Waals surface area contributed by atoms with Crippen LogP contribution in [0.15, 0.2) is 45.3 Å². The van der Waals surface area contributed by atoms with Crippen molar-refractivity contribution >= 4 is 31.9 Å². The molecule has 0 aliphatic carbocycles. The Morgan fingerprint density at radius 3 is 2.42 bits per heavy atom.